The number of anilines is 1. The summed E-state index contributed by atoms with van der Waals surface area (Å²) in [5.41, 5.74) is 1.83. The van der Waals surface area contributed by atoms with E-state index >= 15 is 0 Å². The zero-order valence-corrected chi connectivity index (χ0v) is 20.1. The number of hydrogen-bond acceptors (Lipinski definition) is 7. The Morgan fingerprint density at radius 1 is 1.09 bits per heavy atom. The number of aliphatic hydroxyl groups excluding tert-OH is 1. The van der Waals surface area contributed by atoms with E-state index in [2.05, 4.69) is 25.0 Å². The molecule has 4 rings (SSSR count). The molecule has 0 spiro atoms. The number of oxazole rings is 1. The van der Waals surface area contributed by atoms with E-state index in [0.29, 0.717) is 23.1 Å². The molecule has 180 valence electrons. The molecule has 1 aromatic heterocycles. The number of hydrogen-bond donors (Lipinski definition) is 2. The van der Waals surface area contributed by atoms with Gasteiger partial charge in [0, 0.05) is 50.0 Å². The van der Waals surface area contributed by atoms with Gasteiger partial charge in [-0.05, 0) is 50.6 Å². The van der Waals surface area contributed by atoms with Crippen LogP contribution in [0.4, 0.5) is 5.69 Å². The van der Waals surface area contributed by atoms with Crippen molar-refractivity contribution >= 4 is 23.2 Å². The Morgan fingerprint density at radius 3 is 2.45 bits per heavy atom. The van der Waals surface area contributed by atoms with Crippen LogP contribution in [-0.4, -0.2) is 89.2 Å². The van der Waals surface area contributed by atoms with E-state index < -0.39 is 0 Å². The summed E-state index contributed by atoms with van der Waals surface area (Å²) in [5, 5.41) is 13.9. The Bertz CT molecular complexity index is 923. The van der Waals surface area contributed by atoms with Crippen molar-refractivity contribution in [2.45, 2.75) is 38.8 Å². The van der Waals surface area contributed by atoms with E-state index in [1.54, 1.807) is 6.07 Å². The summed E-state index contributed by atoms with van der Waals surface area (Å²) in [7, 11) is 0. The Hall–Kier alpha value is -1.97. The molecular formula is C24H34ClN5O3. The fourth-order valence-electron chi connectivity index (χ4n) is 4.47. The zero-order chi connectivity index (χ0) is 23.2. The first-order valence-electron chi connectivity index (χ1n) is 11.8. The maximum atomic E-state index is 12.5. The van der Waals surface area contributed by atoms with Crippen molar-refractivity contribution in [1.82, 2.24) is 19.7 Å². The summed E-state index contributed by atoms with van der Waals surface area (Å²) in [6.45, 7) is 9.75. The first kappa shape index (κ1) is 24.2. The van der Waals surface area contributed by atoms with Gasteiger partial charge in [-0.2, -0.15) is 0 Å². The van der Waals surface area contributed by atoms with Crippen molar-refractivity contribution in [3.05, 3.63) is 46.6 Å². The lowest BCUT2D eigenvalue weighted by Gasteiger charge is -2.36. The maximum Gasteiger partial charge on any atom is 0.277 e. The fraction of sp³-hybridized carbons (Fsp3) is 0.583. The van der Waals surface area contributed by atoms with Crippen LogP contribution in [0.2, 0.25) is 5.02 Å². The van der Waals surface area contributed by atoms with Gasteiger partial charge in [-0.15, -0.1) is 0 Å². The molecule has 2 N–H and O–H groups in total. The van der Waals surface area contributed by atoms with E-state index in [1.807, 2.05) is 19.1 Å². The van der Waals surface area contributed by atoms with Gasteiger partial charge in [0.25, 0.3) is 5.91 Å². The topological polar surface area (TPSA) is 85.1 Å². The molecular weight excluding hydrogens is 442 g/mol. The molecule has 9 heteroatoms. The summed E-state index contributed by atoms with van der Waals surface area (Å²) in [6.07, 6.45) is 4.90. The lowest BCUT2D eigenvalue weighted by Crippen LogP contribution is -2.50. The highest BCUT2D eigenvalue weighted by atomic mass is 35.5. The van der Waals surface area contributed by atoms with Crippen molar-refractivity contribution in [3.63, 3.8) is 0 Å². The van der Waals surface area contributed by atoms with Gasteiger partial charge in [0.1, 0.15) is 6.26 Å². The summed E-state index contributed by atoms with van der Waals surface area (Å²) in [5.74, 6) is 0.207. The number of nitrogens with one attached hydrogen (secondary N) is 1. The Kier molecular flexibility index (Phi) is 8.38. The van der Waals surface area contributed by atoms with Gasteiger partial charge in [-0.3, -0.25) is 14.6 Å². The number of likely N-dealkylation sites (tertiary alicyclic amines) is 1. The van der Waals surface area contributed by atoms with Gasteiger partial charge in [0.15, 0.2) is 5.69 Å². The molecule has 1 aromatic carbocycles. The lowest BCUT2D eigenvalue weighted by atomic mass is 10.1. The largest absolute Gasteiger partial charge is 0.447 e. The summed E-state index contributed by atoms with van der Waals surface area (Å²) in [6, 6.07) is 5.39. The third-order valence-electron chi connectivity index (χ3n) is 6.42. The number of rotatable bonds is 8. The molecule has 2 aliphatic heterocycles. The summed E-state index contributed by atoms with van der Waals surface area (Å²) in [4.78, 5) is 23.8. The first-order chi connectivity index (χ1) is 16.0. The van der Waals surface area contributed by atoms with E-state index in [4.69, 9.17) is 16.0 Å². The van der Waals surface area contributed by atoms with E-state index in [1.165, 1.54) is 25.5 Å². The van der Waals surface area contributed by atoms with E-state index in [0.717, 1.165) is 57.9 Å². The number of carbonyl (C=O) groups is 1. The number of aliphatic hydroxyl groups is 1. The van der Waals surface area contributed by atoms with Crippen LogP contribution in [0.15, 0.2) is 28.9 Å². The number of carbonyl (C=O) groups excluding carboxylic acids is 1. The predicted molar refractivity (Wildman–Crippen MR) is 129 cm³/mol. The van der Waals surface area contributed by atoms with Gasteiger partial charge < -0.3 is 19.7 Å². The quantitative estimate of drug-likeness (QED) is 0.607. The van der Waals surface area contributed by atoms with Gasteiger partial charge in [0.05, 0.1) is 12.6 Å². The molecule has 0 saturated carbocycles. The molecule has 1 amide bonds. The van der Waals surface area contributed by atoms with Gasteiger partial charge in [-0.1, -0.05) is 24.1 Å². The molecule has 2 aromatic rings. The Balaban J connectivity index is 1.20. The molecule has 1 unspecified atom stereocenters. The van der Waals surface area contributed by atoms with Crippen LogP contribution in [0.25, 0.3) is 0 Å². The minimum absolute atomic E-state index is 0.251. The average Bonchev–Trinajstić information content (AvgIpc) is 3.27. The molecule has 0 aliphatic carbocycles. The number of nitrogens with zero attached hydrogens (tertiary/aromatic N) is 4. The molecule has 0 radical (unpaired) electrons. The van der Waals surface area contributed by atoms with Crippen LogP contribution in [0, 0.1) is 6.92 Å². The number of β-amino-alcohol motifs (C(OH)–C–C–N with tert-alkyl or cyclic N) is 1. The smallest absolute Gasteiger partial charge is 0.277 e. The zero-order valence-electron chi connectivity index (χ0n) is 19.3. The first-order valence-corrected chi connectivity index (χ1v) is 12.2. The van der Waals surface area contributed by atoms with Crippen LogP contribution in [0.5, 0.6) is 0 Å². The highest BCUT2D eigenvalue weighted by molar-refractivity contribution is 6.31. The van der Waals surface area contributed by atoms with Crippen molar-refractivity contribution in [2.24, 2.45) is 0 Å². The minimum atomic E-state index is -0.322. The second kappa shape index (κ2) is 11.4. The number of aryl methyl sites for hydroxylation is 1. The second-order valence-corrected chi connectivity index (χ2v) is 9.54. The molecule has 2 aliphatic rings. The van der Waals surface area contributed by atoms with Gasteiger partial charge in [0.2, 0.25) is 5.89 Å². The number of aromatic nitrogens is 1. The standard InChI is InChI=1S/C24H34ClN5O3/c1-18-5-6-19(13-21(18)25)26-24(32)22-17-33-23(27-22)16-30-11-9-29(10-12-30)15-20(31)14-28-7-3-2-4-8-28/h5-6,13,17,20,31H,2-4,7-12,14-16H2,1H3,(H,26,32). The second-order valence-electron chi connectivity index (χ2n) is 9.14. The predicted octanol–water partition coefficient (Wildman–Crippen LogP) is 2.85. The van der Waals surface area contributed by atoms with Gasteiger partial charge in [-0.25, -0.2) is 4.98 Å². The van der Waals surface area contributed by atoms with Crippen molar-refractivity contribution in [3.8, 4) is 0 Å². The fourth-order valence-corrected chi connectivity index (χ4v) is 4.65. The van der Waals surface area contributed by atoms with Gasteiger partial charge >= 0.3 is 0 Å². The van der Waals surface area contributed by atoms with E-state index in [-0.39, 0.29) is 17.7 Å². The number of benzene rings is 1. The molecule has 1 atom stereocenters. The third kappa shape index (κ3) is 7.01. The SMILES string of the molecule is Cc1ccc(NC(=O)c2coc(CN3CCN(CC(O)CN4CCCCC4)CC3)n2)cc1Cl. The normalized spacial score (nSPS) is 19.5. The van der Waals surface area contributed by atoms with Crippen LogP contribution in [0.1, 0.15) is 41.2 Å². The minimum Gasteiger partial charge on any atom is -0.447 e. The summed E-state index contributed by atoms with van der Waals surface area (Å²) >= 11 is 6.13. The maximum absolute atomic E-state index is 12.5. The van der Waals surface area contributed by atoms with Crippen molar-refractivity contribution in [1.29, 1.82) is 0 Å². The highest BCUT2D eigenvalue weighted by Crippen LogP contribution is 2.20. The highest BCUT2D eigenvalue weighted by Gasteiger charge is 2.23. The Labute approximate surface area is 200 Å². The number of piperazine rings is 1. The van der Waals surface area contributed by atoms with Crippen LogP contribution < -0.4 is 5.32 Å². The average molecular weight is 476 g/mol. The third-order valence-corrected chi connectivity index (χ3v) is 6.83. The molecule has 33 heavy (non-hydrogen) atoms. The summed E-state index contributed by atoms with van der Waals surface area (Å²) < 4.78 is 5.55. The number of amides is 1. The van der Waals surface area contributed by atoms with Crippen molar-refractivity contribution in [2.75, 3.05) is 57.7 Å². The van der Waals surface area contributed by atoms with Crippen molar-refractivity contribution < 1.29 is 14.3 Å². The van der Waals surface area contributed by atoms with E-state index in [9.17, 15) is 9.90 Å². The van der Waals surface area contributed by atoms with Crippen LogP contribution in [-0.2, 0) is 6.54 Å². The van der Waals surface area contributed by atoms with Crippen LogP contribution >= 0.6 is 11.6 Å². The number of halogens is 1. The molecule has 0 bridgehead atoms. The molecule has 8 nitrogen and oxygen atoms in total. The number of piperidine rings is 1. The molecule has 2 saturated heterocycles. The Morgan fingerprint density at radius 2 is 1.76 bits per heavy atom. The van der Waals surface area contributed by atoms with Crippen LogP contribution in [0.3, 0.4) is 0 Å². The molecule has 3 heterocycles. The monoisotopic (exact) mass is 475 g/mol. The molecule has 2 fully saturated rings. The lowest BCUT2D eigenvalue weighted by molar-refractivity contribution is 0.0434.